The second kappa shape index (κ2) is 4.95. The molecule has 0 saturated carbocycles. The highest BCUT2D eigenvalue weighted by Crippen LogP contribution is 2.33. The van der Waals surface area contributed by atoms with Crippen molar-refractivity contribution in [3.8, 4) is 5.69 Å². The number of anilines is 1. The number of halogens is 4. The molecule has 1 saturated heterocycles. The predicted molar refractivity (Wildman–Crippen MR) is 83.7 cm³/mol. The van der Waals surface area contributed by atoms with E-state index in [0.717, 1.165) is 9.86 Å². The molecule has 1 aromatic carbocycles. The van der Waals surface area contributed by atoms with Gasteiger partial charge in [-0.1, -0.05) is 0 Å². The summed E-state index contributed by atoms with van der Waals surface area (Å²) in [6.45, 7) is -0.707. The van der Waals surface area contributed by atoms with E-state index >= 15 is 0 Å². The second-order valence-corrected chi connectivity index (χ2v) is 6.40. The summed E-state index contributed by atoms with van der Waals surface area (Å²) >= 11 is 3.32. The minimum atomic E-state index is -2.68. The molecular weight excluding hydrogens is 373 g/mol. The summed E-state index contributed by atoms with van der Waals surface area (Å²) < 4.78 is 42.3. The first-order chi connectivity index (χ1) is 10.9. The molecule has 4 nitrogen and oxygen atoms in total. The summed E-state index contributed by atoms with van der Waals surface area (Å²) in [5.74, 6) is -3.15. The summed E-state index contributed by atoms with van der Waals surface area (Å²) in [6, 6.07) is 6.10. The van der Waals surface area contributed by atoms with Crippen molar-refractivity contribution in [2.45, 2.75) is 5.92 Å². The Hall–Kier alpha value is -2.09. The van der Waals surface area contributed by atoms with Crippen molar-refractivity contribution >= 4 is 32.7 Å². The Bertz CT molecular complexity index is 901. The molecule has 3 heterocycles. The molecule has 0 radical (unpaired) electrons. The lowest BCUT2D eigenvalue weighted by Crippen LogP contribution is -2.56. The van der Waals surface area contributed by atoms with Crippen molar-refractivity contribution in [1.29, 1.82) is 0 Å². The lowest BCUT2D eigenvalue weighted by atomic mass is 10.1. The number of alkyl halides is 2. The van der Waals surface area contributed by atoms with Gasteiger partial charge in [0.05, 0.1) is 13.1 Å². The summed E-state index contributed by atoms with van der Waals surface area (Å²) in [5, 5.41) is 4.99. The van der Waals surface area contributed by atoms with E-state index in [-0.39, 0.29) is 18.8 Å². The maximum atomic E-state index is 14.1. The molecule has 1 aliphatic rings. The number of hydrogen-bond donors (Lipinski definition) is 0. The lowest BCUT2D eigenvalue weighted by molar-refractivity contribution is -0.0262. The molecule has 3 aromatic rings. The van der Waals surface area contributed by atoms with E-state index in [2.05, 4.69) is 26.0 Å². The highest BCUT2D eigenvalue weighted by molar-refractivity contribution is 9.10. The Labute approximate surface area is 137 Å². The van der Waals surface area contributed by atoms with Crippen LogP contribution in [0.4, 0.5) is 18.9 Å². The number of aromatic nitrogens is 3. The van der Waals surface area contributed by atoms with Gasteiger partial charge in [0.1, 0.15) is 11.5 Å². The highest BCUT2D eigenvalue weighted by Gasteiger charge is 2.44. The van der Waals surface area contributed by atoms with Crippen molar-refractivity contribution in [3.63, 3.8) is 0 Å². The molecule has 0 unspecified atom stereocenters. The minimum Gasteiger partial charge on any atom is -0.359 e. The average molecular weight is 383 g/mol. The van der Waals surface area contributed by atoms with Crippen molar-refractivity contribution in [2.24, 2.45) is 0 Å². The minimum absolute atomic E-state index is 0.201. The van der Waals surface area contributed by atoms with Gasteiger partial charge in [0.15, 0.2) is 5.65 Å². The molecule has 1 fully saturated rings. The van der Waals surface area contributed by atoms with Gasteiger partial charge in [-0.05, 0) is 40.2 Å². The van der Waals surface area contributed by atoms with E-state index in [1.807, 2.05) is 6.07 Å². The molecule has 0 aliphatic carbocycles. The van der Waals surface area contributed by atoms with Crippen LogP contribution in [0.3, 0.4) is 0 Å². The fraction of sp³-hybridized carbons (Fsp3) is 0.200. The van der Waals surface area contributed by atoms with Gasteiger partial charge in [0, 0.05) is 27.9 Å². The number of nitrogens with zero attached hydrogens (tertiary/aromatic N) is 4. The number of rotatable bonds is 2. The van der Waals surface area contributed by atoms with Crippen LogP contribution in [0.15, 0.2) is 41.1 Å². The molecule has 0 amide bonds. The monoisotopic (exact) mass is 382 g/mol. The number of pyridine rings is 1. The van der Waals surface area contributed by atoms with Crippen LogP contribution in [-0.4, -0.2) is 33.8 Å². The van der Waals surface area contributed by atoms with Crippen LogP contribution in [0, 0.1) is 5.82 Å². The molecule has 0 spiro atoms. The fourth-order valence-electron chi connectivity index (χ4n) is 2.58. The van der Waals surface area contributed by atoms with E-state index < -0.39 is 11.7 Å². The summed E-state index contributed by atoms with van der Waals surface area (Å²) in [4.78, 5) is 5.65. The van der Waals surface area contributed by atoms with Crippen LogP contribution >= 0.6 is 15.9 Å². The number of benzene rings is 1. The summed E-state index contributed by atoms with van der Waals surface area (Å²) in [5.41, 5.74) is 1.22. The zero-order valence-electron chi connectivity index (χ0n) is 11.7. The number of fused-ring (bicyclic) bond motifs is 1. The molecule has 0 bridgehead atoms. The smallest absolute Gasteiger partial charge is 0.282 e. The molecule has 118 valence electrons. The second-order valence-electron chi connectivity index (χ2n) is 5.49. The topological polar surface area (TPSA) is 34.0 Å². The Balaban J connectivity index is 1.74. The van der Waals surface area contributed by atoms with Gasteiger partial charge in [0.2, 0.25) is 0 Å². The average Bonchev–Trinajstić information content (AvgIpc) is 2.88. The third-order valence-corrected chi connectivity index (χ3v) is 4.15. The SMILES string of the molecule is Fc1ccc(N2CC(F)(F)C2)cc1-n1cc2cc(Br)cnc2n1. The first-order valence-corrected chi connectivity index (χ1v) is 7.64. The molecular formula is C15H10BrF3N4. The van der Waals surface area contributed by atoms with E-state index in [9.17, 15) is 13.2 Å². The maximum Gasteiger partial charge on any atom is 0.282 e. The van der Waals surface area contributed by atoms with E-state index in [1.54, 1.807) is 12.4 Å². The van der Waals surface area contributed by atoms with Crippen LogP contribution in [0.25, 0.3) is 16.7 Å². The van der Waals surface area contributed by atoms with Gasteiger partial charge in [-0.25, -0.2) is 22.8 Å². The molecule has 0 N–H and O–H groups in total. The van der Waals surface area contributed by atoms with Crippen LogP contribution in [-0.2, 0) is 0 Å². The maximum absolute atomic E-state index is 14.1. The highest BCUT2D eigenvalue weighted by atomic mass is 79.9. The van der Waals surface area contributed by atoms with Gasteiger partial charge < -0.3 is 4.90 Å². The third kappa shape index (κ3) is 2.56. The van der Waals surface area contributed by atoms with Crippen molar-refractivity contribution in [2.75, 3.05) is 18.0 Å². The van der Waals surface area contributed by atoms with Crippen molar-refractivity contribution in [3.05, 3.63) is 46.9 Å². The molecule has 4 rings (SSSR count). The Kier molecular flexibility index (Phi) is 3.12. The van der Waals surface area contributed by atoms with Crippen LogP contribution in [0.1, 0.15) is 0 Å². The van der Waals surface area contributed by atoms with Crippen molar-refractivity contribution in [1.82, 2.24) is 14.8 Å². The number of hydrogen-bond acceptors (Lipinski definition) is 3. The molecule has 8 heteroatoms. The predicted octanol–water partition coefficient (Wildman–Crippen LogP) is 3.78. The van der Waals surface area contributed by atoms with E-state index in [4.69, 9.17) is 0 Å². The Morgan fingerprint density at radius 2 is 1.96 bits per heavy atom. The van der Waals surface area contributed by atoms with Crippen LogP contribution in [0.2, 0.25) is 0 Å². The molecule has 0 atom stereocenters. The fourth-order valence-corrected chi connectivity index (χ4v) is 2.93. The van der Waals surface area contributed by atoms with E-state index in [1.165, 1.54) is 27.8 Å². The quantitative estimate of drug-likeness (QED) is 0.676. The Morgan fingerprint density at radius 1 is 1.17 bits per heavy atom. The van der Waals surface area contributed by atoms with Gasteiger partial charge in [-0.15, -0.1) is 5.10 Å². The van der Waals surface area contributed by atoms with Gasteiger partial charge in [-0.2, -0.15) is 0 Å². The summed E-state index contributed by atoms with van der Waals surface area (Å²) in [7, 11) is 0. The zero-order valence-corrected chi connectivity index (χ0v) is 13.3. The molecule has 2 aromatic heterocycles. The van der Waals surface area contributed by atoms with Gasteiger partial charge in [-0.3, -0.25) is 0 Å². The van der Waals surface area contributed by atoms with Gasteiger partial charge >= 0.3 is 0 Å². The first-order valence-electron chi connectivity index (χ1n) is 6.85. The van der Waals surface area contributed by atoms with Gasteiger partial charge in [0.25, 0.3) is 5.92 Å². The van der Waals surface area contributed by atoms with E-state index in [0.29, 0.717) is 11.3 Å². The Morgan fingerprint density at radius 3 is 2.70 bits per heavy atom. The van der Waals surface area contributed by atoms with Crippen molar-refractivity contribution < 1.29 is 13.2 Å². The van der Waals surface area contributed by atoms with Crippen LogP contribution in [0.5, 0.6) is 0 Å². The summed E-state index contributed by atoms with van der Waals surface area (Å²) in [6.07, 6.45) is 3.26. The van der Waals surface area contributed by atoms with Crippen LogP contribution < -0.4 is 4.90 Å². The third-order valence-electron chi connectivity index (χ3n) is 3.71. The lowest BCUT2D eigenvalue weighted by Gasteiger charge is -2.40. The standard InChI is InChI=1S/C15H10BrF3N4/c16-10-3-9-6-23(21-14(9)20-5-10)13-4-11(1-2-12(13)17)22-7-15(18,19)8-22/h1-6H,7-8H2. The normalized spacial score (nSPS) is 16.6. The molecule has 23 heavy (non-hydrogen) atoms. The largest absolute Gasteiger partial charge is 0.359 e. The molecule has 1 aliphatic heterocycles. The zero-order chi connectivity index (χ0) is 16.2. The first kappa shape index (κ1) is 14.5.